The molecule has 2 aromatic heterocycles. The molecule has 1 atom stereocenters. The van der Waals surface area contributed by atoms with E-state index in [2.05, 4.69) is 35.3 Å². The second-order valence-corrected chi connectivity index (χ2v) is 7.75. The average molecular weight is 358 g/mol. The molecule has 3 heterocycles. The topological polar surface area (TPSA) is 49.2 Å². The molecule has 130 valence electrons. The number of halogens is 1. The fourth-order valence-corrected chi connectivity index (χ4v) is 3.09. The van der Waals surface area contributed by atoms with Crippen LogP contribution in [-0.4, -0.2) is 27.2 Å². The molecule has 0 amide bonds. The first-order chi connectivity index (χ1) is 11.9. The Morgan fingerprint density at radius 2 is 2.12 bits per heavy atom. The lowest BCUT2D eigenvalue weighted by Crippen LogP contribution is -2.23. The van der Waals surface area contributed by atoms with Crippen molar-refractivity contribution in [2.45, 2.75) is 38.8 Å². The van der Waals surface area contributed by atoms with Crippen molar-refractivity contribution >= 4 is 22.6 Å². The standard InChI is InChI=1S/C19H20ClN3O2/c1-19(2,3)17-7-5-13(9-21-17)24-11-14-10-23-16-6-4-12(20)8-15(16)22-18(23)25-14/h4-9,14H,10-11H2,1-3H3/t14-/m0/s1. The molecule has 0 saturated heterocycles. The summed E-state index contributed by atoms with van der Waals surface area (Å²) in [6, 6.07) is 10.3. The van der Waals surface area contributed by atoms with E-state index in [0.29, 0.717) is 24.2 Å². The van der Waals surface area contributed by atoms with E-state index in [-0.39, 0.29) is 11.5 Å². The van der Waals surface area contributed by atoms with Gasteiger partial charge in [0.25, 0.3) is 6.01 Å². The second kappa shape index (κ2) is 5.92. The molecule has 5 nitrogen and oxygen atoms in total. The molecule has 0 N–H and O–H groups in total. The van der Waals surface area contributed by atoms with Crippen molar-refractivity contribution in [3.63, 3.8) is 0 Å². The third kappa shape index (κ3) is 3.16. The van der Waals surface area contributed by atoms with Crippen LogP contribution in [0.15, 0.2) is 36.5 Å². The van der Waals surface area contributed by atoms with E-state index >= 15 is 0 Å². The Hall–Kier alpha value is -2.27. The van der Waals surface area contributed by atoms with Gasteiger partial charge in [-0.3, -0.25) is 9.55 Å². The molecule has 0 saturated carbocycles. The summed E-state index contributed by atoms with van der Waals surface area (Å²) in [6.45, 7) is 7.58. The zero-order valence-electron chi connectivity index (χ0n) is 14.5. The molecule has 0 spiro atoms. The average Bonchev–Trinajstić information content (AvgIpc) is 3.09. The monoisotopic (exact) mass is 357 g/mol. The van der Waals surface area contributed by atoms with E-state index in [1.165, 1.54) is 0 Å². The normalized spacial score (nSPS) is 16.7. The van der Waals surface area contributed by atoms with E-state index in [4.69, 9.17) is 21.1 Å². The van der Waals surface area contributed by atoms with Gasteiger partial charge in [-0.05, 0) is 30.3 Å². The van der Waals surface area contributed by atoms with Crippen LogP contribution < -0.4 is 9.47 Å². The Balaban J connectivity index is 1.41. The molecule has 4 rings (SSSR count). The minimum atomic E-state index is -0.0649. The van der Waals surface area contributed by atoms with Gasteiger partial charge in [0.2, 0.25) is 0 Å². The SMILES string of the molecule is CC(C)(C)c1ccc(OC[C@@H]2Cn3c(nc4cc(Cl)ccc43)O2)cn1. The molecular weight excluding hydrogens is 338 g/mol. The van der Waals surface area contributed by atoms with Crippen molar-refractivity contribution in [3.05, 3.63) is 47.2 Å². The number of rotatable bonds is 3. The Morgan fingerprint density at radius 3 is 2.84 bits per heavy atom. The molecule has 3 aromatic rings. The molecule has 6 heteroatoms. The molecule has 25 heavy (non-hydrogen) atoms. The van der Waals surface area contributed by atoms with Gasteiger partial charge in [-0.2, -0.15) is 4.98 Å². The van der Waals surface area contributed by atoms with Crippen LogP contribution in [-0.2, 0) is 12.0 Å². The molecule has 1 aliphatic heterocycles. The van der Waals surface area contributed by atoms with Crippen molar-refractivity contribution in [3.8, 4) is 11.8 Å². The molecule has 0 fully saturated rings. The van der Waals surface area contributed by atoms with Gasteiger partial charge in [0.05, 0.1) is 23.8 Å². The Morgan fingerprint density at radius 1 is 1.28 bits per heavy atom. The van der Waals surface area contributed by atoms with Gasteiger partial charge in [0.15, 0.2) is 6.10 Å². The predicted molar refractivity (Wildman–Crippen MR) is 97.6 cm³/mol. The first kappa shape index (κ1) is 16.2. The molecular formula is C19H20ClN3O2. The maximum absolute atomic E-state index is 6.01. The molecule has 0 radical (unpaired) electrons. The van der Waals surface area contributed by atoms with Crippen molar-refractivity contribution < 1.29 is 9.47 Å². The summed E-state index contributed by atoms with van der Waals surface area (Å²) < 4.78 is 13.8. The number of benzene rings is 1. The molecule has 0 bridgehead atoms. The molecule has 0 unspecified atom stereocenters. The number of ether oxygens (including phenoxy) is 2. The van der Waals surface area contributed by atoms with E-state index < -0.39 is 0 Å². The number of hydrogen-bond acceptors (Lipinski definition) is 4. The number of pyridine rings is 1. The molecule has 0 aliphatic carbocycles. The lowest BCUT2D eigenvalue weighted by molar-refractivity contribution is 0.143. The van der Waals surface area contributed by atoms with Crippen LogP contribution in [0.2, 0.25) is 5.02 Å². The smallest absolute Gasteiger partial charge is 0.297 e. The van der Waals surface area contributed by atoms with Gasteiger partial charge < -0.3 is 9.47 Å². The van der Waals surface area contributed by atoms with Gasteiger partial charge >= 0.3 is 0 Å². The zero-order valence-corrected chi connectivity index (χ0v) is 15.2. The van der Waals surface area contributed by atoms with Crippen LogP contribution >= 0.6 is 11.6 Å². The van der Waals surface area contributed by atoms with Crippen molar-refractivity contribution in [1.82, 2.24) is 14.5 Å². The summed E-state index contributed by atoms with van der Waals surface area (Å²) in [5, 5.41) is 0.676. The van der Waals surface area contributed by atoms with Crippen molar-refractivity contribution in [2.75, 3.05) is 6.61 Å². The lowest BCUT2D eigenvalue weighted by atomic mass is 9.92. The number of aromatic nitrogens is 3. The summed E-state index contributed by atoms with van der Waals surface area (Å²) >= 11 is 6.01. The number of nitrogens with zero attached hydrogens (tertiary/aromatic N) is 3. The minimum absolute atomic E-state index is 0.0340. The maximum atomic E-state index is 6.01. The third-order valence-electron chi connectivity index (χ3n) is 4.27. The highest BCUT2D eigenvalue weighted by atomic mass is 35.5. The minimum Gasteiger partial charge on any atom is -0.488 e. The number of imidazole rings is 1. The molecule has 1 aliphatic rings. The quantitative estimate of drug-likeness (QED) is 0.704. The number of fused-ring (bicyclic) bond motifs is 3. The zero-order chi connectivity index (χ0) is 17.6. The van der Waals surface area contributed by atoms with Crippen LogP contribution in [0.5, 0.6) is 11.8 Å². The lowest BCUT2D eigenvalue weighted by Gasteiger charge is -2.18. The fraction of sp³-hybridized carbons (Fsp3) is 0.368. The largest absolute Gasteiger partial charge is 0.488 e. The maximum Gasteiger partial charge on any atom is 0.297 e. The second-order valence-electron chi connectivity index (χ2n) is 7.32. The van der Waals surface area contributed by atoms with E-state index in [0.717, 1.165) is 22.5 Å². The van der Waals surface area contributed by atoms with Crippen LogP contribution in [0, 0.1) is 0 Å². The molecule has 1 aromatic carbocycles. The Bertz CT molecular complexity index is 913. The van der Waals surface area contributed by atoms with Gasteiger partial charge in [0, 0.05) is 16.1 Å². The van der Waals surface area contributed by atoms with E-state index in [9.17, 15) is 0 Å². The van der Waals surface area contributed by atoms with E-state index in [1.54, 1.807) is 6.20 Å². The highest BCUT2D eigenvalue weighted by molar-refractivity contribution is 6.31. The highest BCUT2D eigenvalue weighted by Gasteiger charge is 2.27. The third-order valence-corrected chi connectivity index (χ3v) is 4.51. The van der Waals surface area contributed by atoms with E-state index in [1.807, 2.05) is 30.3 Å². The Labute approximate surface area is 151 Å². The highest BCUT2D eigenvalue weighted by Crippen LogP contribution is 2.29. The first-order valence-electron chi connectivity index (χ1n) is 8.32. The number of hydrogen-bond donors (Lipinski definition) is 0. The van der Waals surface area contributed by atoms with Gasteiger partial charge in [0.1, 0.15) is 12.4 Å². The summed E-state index contributed by atoms with van der Waals surface area (Å²) in [7, 11) is 0. The Kier molecular flexibility index (Phi) is 3.84. The summed E-state index contributed by atoms with van der Waals surface area (Å²) in [5.74, 6) is 0.748. The summed E-state index contributed by atoms with van der Waals surface area (Å²) in [4.78, 5) is 8.96. The summed E-state index contributed by atoms with van der Waals surface area (Å²) in [6.07, 6.45) is 1.70. The van der Waals surface area contributed by atoms with Gasteiger partial charge in [-0.25, -0.2) is 0 Å². The van der Waals surface area contributed by atoms with Crippen LogP contribution in [0.1, 0.15) is 26.5 Å². The summed E-state index contributed by atoms with van der Waals surface area (Å²) in [5.41, 5.74) is 2.95. The fourth-order valence-electron chi connectivity index (χ4n) is 2.92. The van der Waals surface area contributed by atoms with Gasteiger partial charge in [-0.1, -0.05) is 32.4 Å². The van der Waals surface area contributed by atoms with Crippen LogP contribution in [0.3, 0.4) is 0 Å². The van der Waals surface area contributed by atoms with Crippen LogP contribution in [0.25, 0.3) is 11.0 Å². The van der Waals surface area contributed by atoms with Crippen molar-refractivity contribution in [1.29, 1.82) is 0 Å². The predicted octanol–water partition coefficient (Wildman–Crippen LogP) is 4.22. The van der Waals surface area contributed by atoms with Crippen LogP contribution in [0.4, 0.5) is 0 Å². The van der Waals surface area contributed by atoms with Gasteiger partial charge in [-0.15, -0.1) is 0 Å². The van der Waals surface area contributed by atoms with Crippen molar-refractivity contribution in [2.24, 2.45) is 0 Å². The first-order valence-corrected chi connectivity index (χ1v) is 8.70.